The van der Waals surface area contributed by atoms with Crippen molar-refractivity contribution in [3.63, 3.8) is 0 Å². The van der Waals surface area contributed by atoms with E-state index in [-0.39, 0.29) is 16.7 Å². The van der Waals surface area contributed by atoms with Gasteiger partial charge in [-0.25, -0.2) is 13.4 Å². The fourth-order valence-electron chi connectivity index (χ4n) is 4.91. The summed E-state index contributed by atoms with van der Waals surface area (Å²) in [5.74, 6) is 1.11. The van der Waals surface area contributed by atoms with Crippen molar-refractivity contribution in [1.29, 1.82) is 0 Å². The number of aromatic nitrogens is 2. The van der Waals surface area contributed by atoms with Crippen LogP contribution in [0.1, 0.15) is 5.69 Å². The molecule has 3 aromatic rings. The van der Waals surface area contributed by atoms with Crippen LogP contribution in [-0.4, -0.2) is 60.0 Å². The maximum Gasteiger partial charge on any atom is 0.290 e. The largest absolute Gasteiger partial charge is 0.439 e. The van der Waals surface area contributed by atoms with E-state index in [9.17, 15) is 18.0 Å². The normalized spacial score (nSPS) is 22.6. The Morgan fingerprint density at radius 1 is 0.921 bits per heavy atom. The number of thioether (sulfide) groups is 1. The van der Waals surface area contributed by atoms with E-state index in [0.29, 0.717) is 54.3 Å². The molecule has 4 heterocycles. The van der Waals surface area contributed by atoms with Gasteiger partial charge in [0, 0.05) is 32.2 Å². The molecular formula is C26H23N5O5S2. The van der Waals surface area contributed by atoms with Crippen molar-refractivity contribution in [2.75, 3.05) is 31.1 Å². The van der Waals surface area contributed by atoms with Crippen LogP contribution < -0.4 is 15.0 Å². The maximum atomic E-state index is 13.1. The Bertz CT molecular complexity index is 1520. The third-order valence-electron chi connectivity index (χ3n) is 6.71. The van der Waals surface area contributed by atoms with Crippen molar-refractivity contribution in [3.05, 3.63) is 77.3 Å². The summed E-state index contributed by atoms with van der Waals surface area (Å²) in [4.78, 5) is 35.5. The molecule has 3 fully saturated rings. The molecule has 0 spiro atoms. The van der Waals surface area contributed by atoms with Gasteiger partial charge in [0.2, 0.25) is 21.9 Å². The number of carbonyl (C=O) groups is 2. The Morgan fingerprint density at radius 2 is 1.58 bits per heavy atom. The van der Waals surface area contributed by atoms with Crippen molar-refractivity contribution < 1.29 is 22.7 Å². The number of anilines is 1. The average molecular weight is 550 g/mol. The van der Waals surface area contributed by atoms with Gasteiger partial charge in [-0.15, -0.1) is 0 Å². The van der Waals surface area contributed by atoms with Crippen LogP contribution in [0.4, 0.5) is 10.7 Å². The quantitative estimate of drug-likeness (QED) is 0.461. The summed E-state index contributed by atoms with van der Waals surface area (Å²) in [6.45, 7) is 2.02. The highest BCUT2D eigenvalue weighted by Gasteiger charge is 2.45. The van der Waals surface area contributed by atoms with Gasteiger partial charge in [0.15, 0.2) is 0 Å². The van der Waals surface area contributed by atoms with E-state index < -0.39 is 21.2 Å². The fourth-order valence-corrected chi connectivity index (χ4v) is 7.16. The number of para-hydroxylation sites is 1. The molecule has 0 radical (unpaired) electrons. The Hall–Kier alpha value is -3.74. The predicted octanol–water partition coefficient (Wildman–Crippen LogP) is 3.35. The Kier molecular flexibility index (Phi) is 6.38. The standard InChI is InChI=1S/C26H23N5O5S2/c32-24-22(37-26(33)29-24)11-19-12-23(36-20-7-3-1-4-8-20)28-25(27-19)30-13-17-15-31(16-18(17)14-30)38(34,35)21-9-5-2-6-10-21/h1-12,17-18H,13-16H2,(H,29,32,33)/b22-11-. The molecule has 0 bridgehead atoms. The lowest BCUT2D eigenvalue weighted by molar-refractivity contribution is -0.115. The van der Waals surface area contributed by atoms with Crippen molar-refractivity contribution in [2.45, 2.75) is 4.90 Å². The third-order valence-corrected chi connectivity index (χ3v) is 9.37. The van der Waals surface area contributed by atoms with Crippen LogP contribution in [0.3, 0.4) is 0 Å². The van der Waals surface area contributed by atoms with E-state index in [0.717, 1.165) is 11.8 Å². The molecule has 194 valence electrons. The summed E-state index contributed by atoms with van der Waals surface area (Å²) in [6.07, 6.45) is 1.54. The molecule has 1 aromatic heterocycles. The molecule has 12 heteroatoms. The van der Waals surface area contributed by atoms with E-state index >= 15 is 0 Å². The highest BCUT2D eigenvalue weighted by Crippen LogP contribution is 2.36. The zero-order valence-corrected chi connectivity index (χ0v) is 21.7. The van der Waals surface area contributed by atoms with Crippen molar-refractivity contribution >= 4 is 45.0 Å². The number of benzene rings is 2. The van der Waals surface area contributed by atoms with Gasteiger partial charge in [-0.2, -0.15) is 9.29 Å². The molecular weight excluding hydrogens is 526 g/mol. The van der Waals surface area contributed by atoms with Crippen LogP contribution in [0.25, 0.3) is 6.08 Å². The van der Waals surface area contributed by atoms with Crippen molar-refractivity contribution in [1.82, 2.24) is 19.6 Å². The van der Waals surface area contributed by atoms with Crippen molar-refractivity contribution in [2.24, 2.45) is 11.8 Å². The fraction of sp³-hybridized carbons (Fsp3) is 0.231. The van der Waals surface area contributed by atoms with Gasteiger partial charge in [0.25, 0.3) is 11.1 Å². The van der Waals surface area contributed by atoms with Gasteiger partial charge >= 0.3 is 0 Å². The Labute approximate surface area is 223 Å². The number of sulfonamides is 1. The second-order valence-electron chi connectivity index (χ2n) is 9.26. The Balaban J connectivity index is 1.25. The van der Waals surface area contributed by atoms with Crippen LogP contribution in [-0.2, 0) is 14.8 Å². The van der Waals surface area contributed by atoms with E-state index in [1.54, 1.807) is 58.9 Å². The molecule has 1 N–H and O–H groups in total. The van der Waals surface area contributed by atoms with E-state index in [4.69, 9.17) is 4.74 Å². The monoisotopic (exact) mass is 549 g/mol. The minimum Gasteiger partial charge on any atom is -0.439 e. The van der Waals surface area contributed by atoms with Crippen LogP contribution >= 0.6 is 11.8 Å². The van der Waals surface area contributed by atoms with Gasteiger partial charge in [-0.05, 0) is 53.9 Å². The summed E-state index contributed by atoms with van der Waals surface area (Å²) in [5.41, 5.74) is 0.429. The number of imide groups is 1. The molecule has 0 saturated carbocycles. The number of rotatable bonds is 6. The van der Waals surface area contributed by atoms with Gasteiger partial charge in [0.1, 0.15) is 5.75 Å². The van der Waals surface area contributed by atoms with Crippen LogP contribution in [0.15, 0.2) is 76.5 Å². The smallest absolute Gasteiger partial charge is 0.290 e. The number of ether oxygens (including phenoxy) is 1. The number of hydrogen-bond donors (Lipinski definition) is 1. The third kappa shape index (κ3) is 4.89. The first-order valence-electron chi connectivity index (χ1n) is 12.0. The lowest BCUT2D eigenvalue weighted by Gasteiger charge is -2.22. The zero-order valence-electron chi connectivity index (χ0n) is 20.1. The second-order valence-corrected chi connectivity index (χ2v) is 12.2. The second kappa shape index (κ2) is 9.86. The molecule has 3 saturated heterocycles. The van der Waals surface area contributed by atoms with E-state index in [1.165, 1.54) is 0 Å². The summed E-state index contributed by atoms with van der Waals surface area (Å²) >= 11 is 0.815. The SMILES string of the molecule is O=C1NC(=O)/C(=C/c2cc(Oc3ccccc3)nc(N3CC4CN(S(=O)(=O)c5ccccc5)CC4C3)n2)S1. The molecule has 6 rings (SSSR count). The molecule has 2 amide bonds. The summed E-state index contributed by atoms with van der Waals surface area (Å²) < 4.78 is 33.7. The molecule has 2 unspecified atom stereocenters. The van der Waals surface area contributed by atoms with Crippen LogP contribution in [0.2, 0.25) is 0 Å². The van der Waals surface area contributed by atoms with E-state index in [2.05, 4.69) is 15.3 Å². The molecule has 0 aliphatic carbocycles. The van der Waals surface area contributed by atoms with Gasteiger partial charge in [-0.1, -0.05) is 36.4 Å². The molecule has 38 heavy (non-hydrogen) atoms. The minimum absolute atomic E-state index is 0.131. The first kappa shape index (κ1) is 24.6. The highest BCUT2D eigenvalue weighted by molar-refractivity contribution is 8.18. The van der Waals surface area contributed by atoms with Crippen LogP contribution in [0, 0.1) is 11.8 Å². The minimum atomic E-state index is -3.55. The topological polar surface area (TPSA) is 122 Å². The van der Waals surface area contributed by atoms with Crippen LogP contribution in [0.5, 0.6) is 11.6 Å². The summed E-state index contributed by atoms with van der Waals surface area (Å²) in [5, 5.41) is 1.81. The molecule has 3 aliphatic rings. The lowest BCUT2D eigenvalue weighted by Crippen LogP contribution is -2.33. The number of carbonyl (C=O) groups excluding carboxylic acids is 2. The van der Waals surface area contributed by atoms with Gasteiger partial charge < -0.3 is 9.64 Å². The first-order valence-corrected chi connectivity index (χ1v) is 14.3. The lowest BCUT2D eigenvalue weighted by atomic mass is 10.0. The van der Waals surface area contributed by atoms with Crippen molar-refractivity contribution in [3.8, 4) is 11.6 Å². The summed E-state index contributed by atoms with van der Waals surface area (Å²) in [7, 11) is -3.55. The van der Waals surface area contributed by atoms with Gasteiger partial charge in [-0.3, -0.25) is 14.9 Å². The molecule has 10 nitrogen and oxygen atoms in total. The predicted molar refractivity (Wildman–Crippen MR) is 142 cm³/mol. The molecule has 2 aromatic carbocycles. The van der Waals surface area contributed by atoms with Gasteiger partial charge in [0.05, 0.1) is 15.5 Å². The van der Waals surface area contributed by atoms with E-state index in [1.807, 2.05) is 23.1 Å². The maximum absolute atomic E-state index is 13.1. The number of nitrogens with zero attached hydrogens (tertiary/aromatic N) is 4. The number of nitrogens with one attached hydrogen (secondary N) is 1. The first-order chi connectivity index (χ1) is 18.3. The zero-order chi connectivity index (χ0) is 26.3. The molecule has 3 aliphatic heterocycles. The molecule has 2 atom stereocenters. The average Bonchev–Trinajstić information content (AvgIpc) is 3.58. The number of hydrogen-bond acceptors (Lipinski definition) is 9. The highest BCUT2D eigenvalue weighted by atomic mass is 32.2. The summed E-state index contributed by atoms with van der Waals surface area (Å²) in [6, 6.07) is 19.3. The number of fused-ring (bicyclic) bond motifs is 1. The Morgan fingerprint density at radius 3 is 2.21 bits per heavy atom. The number of amides is 2.